The van der Waals surface area contributed by atoms with Gasteiger partial charge >= 0.3 is 6.18 Å². The van der Waals surface area contributed by atoms with Crippen LogP contribution in [0, 0.1) is 5.82 Å². The summed E-state index contributed by atoms with van der Waals surface area (Å²) in [6.07, 6.45) is 2.67. The number of amides is 1. The maximum Gasteiger partial charge on any atom is 0.416 e. The van der Waals surface area contributed by atoms with E-state index in [-0.39, 0.29) is 17.0 Å². The summed E-state index contributed by atoms with van der Waals surface area (Å²) >= 11 is 0. The molecule has 3 fully saturated rings. The molecule has 5 nitrogen and oxygen atoms in total. The Hall–Kier alpha value is -3.82. The van der Waals surface area contributed by atoms with Crippen LogP contribution in [-0.4, -0.2) is 52.9 Å². The van der Waals surface area contributed by atoms with E-state index in [4.69, 9.17) is 4.98 Å². The minimum atomic E-state index is -4.54. The van der Waals surface area contributed by atoms with Gasteiger partial charge in [-0.05, 0) is 101 Å². The lowest BCUT2D eigenvalue weighted by Crippen LogP contribution is -2.46. The van der Waals surface area contributed by atoms with Crippen LogP contribution >= 0.6 is 0 Å². The molecule has 1 N–H and O–H groups in total. The maximum absolute atomic E-state index is 14.8. The van der Waals surface area contributed by atoms with Crippen molar-refractivity contribution in [1.29, 1.82) is 0 Å². The molecule has 9 heteroatoms. The van der Waals surface area contributed by atoms with Gasteiger partial charge in [0.1, 0.15) is 5.82 Å². The number of alkyl halides is 3. The van der Waals surface area contributed by atoms with Crippen molar-refractivity contribution in [3.8, 4) is 11.3 Å². The van der Waals surface area contributed by atoms with Crippen molar-refractivity contribution in [3.63, 3.8) is 0 Å². The zero-order chi connectivity index (χ0) is 31.9. The van der Waals surface area contributed by atoms with E-state index in [1.54, 1.807) is 6.07 Å². The summed E-state index contributed by atoms with van der Waals surface area (Å²) in [7, 11) is 0. The molecule has 1 saturated carbocycles. The molecule has 3 aromatic carbocycles. The van der Waals surface area contributed by atoms with E-state index in [0.29, 0.717) is 34.7 Å². The number of hydrogen-bond acceptors (Lipinski definition) is 4. The number of carbonyl (C=O) groups is 1. The molecule has 0 atom stereocenters. The molecule has 1 aromatic heterocycles. The fourth-order valence-corrected chi connectivity index (χ4v) is 7.37. The molecule has 0 spiro atoms. The number of fused-ring (bicyclic) bond motifs is 1. The standard InChI is InChI=1S/C37H38F4N4O/c38-28-12-13-32-30(23-28)33(35(46)43-36(16-17-36)26-9-3-1-4-10-26)31(34(42-32)25-8-7-11-27(22-25)37(39,40)41)24-44-20-14-29(15-21-44)45-18-5-2-6-19-45/h1,3-4,7-13,22-23,29H,2,5-6,14-21,24H2,(H,43,46). The lowest BCUT2D eigenvalue weighted by molar-refractivity contribution is -0.137. The van der Waals surface area contributed by atoms with Crippen molar-refractivity contribution in [3.05, 3.63) is 101 Å². The SMILES string of the molecule is O=C(NC1(c2ccccc2)CC1)c1c(CN2CCC(N3CCCCC3)CC2)c(-c2cccc(C(F)(F)F)c2)nc2ccc(F)cc12. The molecule has 7 rings (SSSR count). The van der Waals surface area contributed by atoms with E-state index in [2.05, 4.69) is 15.1 Å². The number of aromatic nitrogens is 1. The van der Waals surface area contributed by atoms with Crippen molar-refractivity contribution >= 4 is 16.8 Å². The smallest absolute Gasteiger partial charge is 0.342 e. The number of benzene rings is 3. The largest absolute Gasteiger partial charge is 0.416 e. The Labute approximate surface area is 266 Å². The number of likely N-dealkylation sites (tertiary alicyclic amines) is 2. The third-order valence-electron chi connectivity index (χ3n) is 10.0. The first-order chi connectivity index (χ1) is 22.2. The van der Waals surface area contributed by atoms with Gasteiger partial charge < -0.3 is 10.2 Å². The lowest BCUT2D eigenvalue weighted by Gasteiger charge is -2.40. The van der Waals surface area contributed by atoms with Crippen LogP contribution in [-0.2, 0) is 18.3 Å². The van der Waals surface area contributed by atoms with Gasteiger partial charge in [-0.2, -0.15) is 13.2 Å². The summed E-state index contributed by atoms with van der Waals surface area (Å²) in [5.74, 6) is -0.876. The third-order valence-corrected chi connectivity index (χ3v) is 10.0. The summed E-state index contributed by atoms with van der Waals surface area (Å²) in [6.45, 7) is 4.15. The second-order valence-corrected chi connectivity index (χ2v) is 13.1. The molecule has 2 aliphatic heterocycles. The first kappa shape index (κ1) is 30.8. The Morgan fingerprint density at radius 3 is 2.33 bits per heavy atom. The zero-order valence-electron chi connectivity index (χ0n) is 25.8. The van der Waals surface area contributed by atoms with Gasteiger partial charge in [-0.3, -0.25) is 9.69 Å². The van der Waals surface area contributed by atoms with Crippen LogP contribution in [0.5, 0.6) is 0 Å². The van der Waals surface area contributed by atoms with E-state index in [1.807, 2.05) is 30.3 Å². The Morgan fingerprint density at radius 2 is 1.63 bits per heavy atom. The molecule has 0 bridgehead atoms. The van der Waals surface area contributed by atoms with Crippen LogP contribution in [0.15, 0.2) is 72.8 Å². The van der Waals surface area contributed by atoms with Crippen LogP contribution in [0.3, 0.4) is 0 Å². The number of nitrogens with one attached hydrogen (secondary N) is 1. The molecule has 1 aliphatic carbocycles. The van der Waals surface area contributed by atoms with Gasteiger partial charge in [0.25, 0.3) is 5.91 Å². The van der Waals surface area contributed by atoms with Gasteiger partial charge in [0, 0.05) is 29.1 Å². The van der Waals surface area contributed by atoms with Crippen LogP contribution in [0.2, 0.25) is 0 Å². The summed E-state index contributed by atoms with van der Waals surface area (Å²) in [4.78, 5) is 24.1. The minimum absolute atomic E-state index is 0.275. The van der Waals surface area contributed by atoms with Crippen molar-refractivity contribution in [2.75, 3.05) is 26.2 Å². The molecule has 2 saturated heterocycles. The quantitative estimate of drug-likeness (QED) is 0.211. The number of piperidine rings is 2. The summed E-state index contributed by atoms with van der Waals surface area (Å²) in [5, 5.41) is 3.62. The molecule has 0 unspecified atom stereocenters. The summed E-state index contributed by atoms with van der Waals surface area (Å²) < 4.78 is 56.4. The molecule has 46 heavy (non-hydrogen) atoms. The second-order valence-electron chi connectivity index (χ2n) is 13.1. The fourth-order valence-electron chi connectivity index (χ4n) is 7.37. The Balaban J connectivity index is 1.31. The summed E-state index contributed by atoms with van der Waals surface area (Å²) in [5.41, 5.74) is 1.42. The van der Waals surface area contributed by atoms with Crippen molar-refractivity contribution < 1.29 is 22.4 Å². The van der Waals surface area contributed by atoms with Crippen molar-refractivity contribution in [2.45, 2.75) is 69.2 Å². The highest BCUT2D eigenvalue weighted by Gasteiger charge is 2.46. The average Bonchev–Trinajstić information content (AvgIpc) is 3.85. The van der Waals surface area contributed by atoms with E-state index in [9.17, 15) is 22.4 Å². The van der Waals surface area contributed by atoms with E-state index >= 15 is 0 Å². The van der Waals surface area contributed by atoms with Crippen LogP contribution in [0.4, 0.5) is 17.6 Å². The monoisotopic (exact) mass is 630 g/mol. The van der Waals surface area contributed by atoms with Crippen molar-refractivity contribution in [2.24, 2.45) is 0 Å². The molecule has 4 aromatic rings. The number of carbonyl (C=O) groups excluding carboxylic acids is 1. The first-order valence-electron chi connectivity index (χ1n) is 16.3. The summed E-state index contributed by atoms with van der Waals surface area (Å²) in [6, 6.07) is 19.5. The highest BCUT2D eigenvalue weighted by molar-refractivity contribution is 6.09. The van der Waals surface area contributed by atoms with E-state index in [1.165, 1.54) is 43.5 Å². The third kappa shape index (κ3) is 6.27. The number of hydrogen-bond donors (Lipinski definition) is 1. The van der Waals surface area contributed by atoms with Gasteiger partial charge in [-0.15, -0.1) is 0 Å². The Morgan fingerprint density at radius 1 is 0.891 bits per heavy atom. The van der Waals surface area contributed by atoms with Crippen LogP contribution in [0.1, 0.15) is 72.0 Å². The minimum Gasteiger partial charge on any atom is -0.342 e. The second kappa shape index (κ2) is 12.4. The fraction of sp³-hybridized carbons (Fsp3) is 0.405. The number of pyridine rings is 1. The molecular formula is C37H38F4N4O. The molecule has 3 heterocycles. The normalized spacial score (nSPS) is 19.3. The van der Waals surface area contributed by atoms with Crippen molar-refractivity contribution in [1.82, 2.24) is 20.1 Å². The van der Waals surface area contributed by atoms with Crippen LogP contribution < -0.4 is 5.32 Å². The number of nitrogens with zero attached hydrogens (tertiary/aromatic N) is 3. The Kier molecular flexibility index (Phi) is 8.32. The maximum atomic E-state index is 14.8. The van der Waals surface area contributed by atoms with Gasteiger partial charge in [0.2, 0.25) is 0 Å². The van der Waals surface area contributed by atoms with E-state index in [0.717, 1.165) is 69.6 Å². The highest BCUT2D eigenvalue weighted by Crippen LogP contribution is 2.46. The van der Waals surface area contributed by atoms with Crippen LogP contribution in [0.25, 0.3) is 22.2 Å². The van der Waals surface area contributed by atoms with Gasteiger partial charge in [-0.1, -0.05) is 48.9 Å². The molecule has 3 aliphatic rings. The number of halogens is 4. The lowest BCUT2D eigenvalue weighted by atomic mass is 9.93. The highest BCUT2D eigenvalue weighted by atomic mass is 19.4. The first-order valence-corrected chi connectivity index (χ1v) is 16.3. The predicted molar refractivity (Wildman–Crippen MR) is 171 cm³/mol. The Bertz CT molecular complexity index is 1720. The van der Waals surface area contributed by atoms with Gasteiger partial charge in [-0.25, -0.2) is 9.37 Å². The van der Waals surface area contributed by atoms with Gasteiger partial charge in [0.15, 0.2) is 0 Å². The molecule has 240 valence electrons. The average molecular weight is 631 g/mol. The number of rotatable bonds is 7. The predicted octanol–water partition coefficient (Wildman–Crippen LogP) is 7.93. The van der Waals surface area contributed by atoms with Gasteiger partial charge in [0.05, 0.1) is 27.9 Å². The molecule has 0 radical (unpaired) electrons. The topological polar surface area (TPSA) is 48.5 Å². The molecular weight excluding hydrogens is 592 g/mol. The van der Waals surface area contributed by atoms with E-state index < -0.39 is 23.1 Å². The zero-order valence-corrected chi connectivity index (χ0v) is 25.8. The molecule has 1 amide bonds.